The minimum atomic E-state index is -0.503. The normalized spacial score (nSPS) is 16.9. The van der Waals surface area contributed by atoms with Crippen molar-refractivity contribution in [2.45, 2.75) is 45.1 Å². The number of nitrogens with zero attached hydrogens (tertiary/aromatic N) is 1. The van der Waals surface area contributed by atoms with Crippen molar-refractivity contribution in [2.24, 2.45) is 0 Å². The molecule has 1 unspecified atom stereocenters. The van der Waals surface area contributed by atoms with Gasteiger partial charge in [-0.3, -0.25) is 4.79 Å². The Kier molecular flexibility index (Phi) is 7.89. The molecule has 1 saturated heterocycles. The Balaban J connectivity index is 1.63. The number of hydrogen-bond acceptors (Lipinski definition) is 4. The van der Waals surface area contributed by atoms with Crippen molar-refractivity contribution in [3.05, 3.63) is 24.3 Å². The van der Waals surface area contributed by atoms with E-state index in [1.54, 1.807) is 14.0 Å². The Morgan fingerprint density at radius 3 is 2.38 bits per heavy atom. The lowest BCUT2D eigenvalue weighted by atomic mass is 10.2. The molecule has 0 aromatic heterocycles. The monoisotopic (exact) mass is 334 g/mol. The molecule has 0 bridgehead atoms. The van der Waals surface area contributed by atoms with Crippen molar-refractivity contribution in [3.63, 3.8) is 0 Å². The molecule has 0 saturated carbocycles. The second-order valence-electron chi connectivity index (χ2n) is 6.34. The second-order valence-corrected chi connectivity index (χ2v) is 6.34. The minimum absolute atomic E-state index is 0.0679. The first kappa shape index (κ1) is 18.6. The molecule has 1 atom stereocenters. The van der Waals surface area contributed by atoms with Crippen LogP contribution in [0.25, 0.3) is 0 Å². The molecule has 2 rings (SSSR count). The molecule has 1 amide bonds. The lowest BCUT2D eigenvalue weighted by molar-refractivity contribution is -0.127. The number of carbonyl (C=O) groups is 1. The number of ether oxygens (including phenoxy) is 2. The highest BCUT2D eigenvalue weighted by Gasteiger charge is 2.14. The van der Waals surface area contributed by atoms with Crippen LogP contribution in [0.1, 0.15) is 39.0 Å². The fraction of sp³-hybridized carbons (Fsp3) is 0.632. The third-order valence-corrected chi connectivity index (χ3v) is 4.39. The second kappa shape index (κ2) is 10.2. The number of methoxy groups -OCH3 is 1. The van der Waals surface area contributed by atoms with Crippen LogP contribution in [0, 0.1) is 0 Å². The van der Waals surface area contributed by atoms with Gasteiger partial charge in [-0.1, -0.05) is 12.8 Å². The molecule has 0 spiro atoms. The maximum Gasteiger partial charge on any atom is 0.260 e. The summed E-state index contributed by atoms with van der Waals surface area (Å²) in [4.78, 5) is 14.6. The highest BCUT2D eigenvalue weighted by Crippen LogP contribution is 2.18. The molecular weight excluding hydrogens is 304 g/mol. The number of benzene rings is 1. The predicted molar refractivity (Wildman–Crippen MR) is 95.6 cm³/mol. The lowest BCUT2D eigenvalue weighted by Gasteiger charge is -2.20. The number of likely N-dealkylation sites (tertiary alicyclic amines) is 1. The quantitative estimate of drug-likeness (QED) is 0.743. The number of rotatable bonds is 8. The summed E-state index contributed by atoms with van der Waals surface area (Å²) >= 11 is 0. The summed E-state index contributed by atoms with van der Waals surface area (Å²) in [5.41, 5.74) is 0. The third-order valence-electron chi connectivity index (χ3n) is 4.39. The van der Waals surface area contributed by atoms with Crippen LogP contribution in [0.3, 0.4) is 0 Å². The average Bonchev–Trinajstić information content (AvgIpc) is 2.88. The smallest absolute Gasteiger partial charge is 0.260 e. The number of carbonyl (C=O) groups excluding carboxylic acids is 1. The summed E-state index contributed by atoms with van der Waals surface area (Å²) in [5, 5.41) is 2.97. The SMILES string of the molecule is COc1ccc(OC(C)C(=O)NCCCN2CCCCCC2)cc1. The molecule has 134 valence electrons. The zero-order valence-corrected chi connectivity index (χ0v) is 14.9. The Bertz CT molecular complexity index is 482. The molecule has 1 aromatic rings. The van der Waals surface area contributed by atoms with Crippen LogP contribution in [0.2, 0.25) is 0 Å². The van der Waals surface area contributed by atoms with Gasteiger partial charge in [-0.15, -0.1) is 0 Å². The van der Waals surface area contributed by atoms with Gasteiger partial charge in [-0.2, -0.15) is 0 Å². The van der Waals surface area contributed by atoms with E-state index in [0.717, 1.165) is 18.7 Å². The van der Waals surface area contributed by atoms with Gasteiger partial charge < -0.3 is 19.7 Å². The Morgan fingerprint density at radius 2 is 1.75 bits per heavy atom. The van der Waals surface area contributed by atoms with Gasteiger partial charge >= 0.3 is 0 Å². The van der Waals surface area contributed by atoms with Crippen LogP contribution in [-0.2, 0) is 4.79 Å². The first-order valence-electron chi connectivity index (χ1n) is 9.00. The molecular formula is C19H30N2O3. The van der Waals surface area contributed by atoms with Crippen LogP contribution >= 0.6 is 0 Å². The number of hydrogen-bond donors (Lipinski definition) is 1. The maximum atomic E-state index is 12.1. The molecule has 1 aromatic carbocycles. The van der Waals surface area contributed by atoms with Crippen LogP contribution in [0.5, 0.6) is 11.5 Å². The van der Waals surface area contributed by atoms with E-state index in [-0.39, 0.29) is 5.91 Å². The zero-order chi connectivity index (χ0) is 17.2. The molecule has 5 heteroatoms. The van der Waals surface area contributed by atoms with E-state index in [2.05, 4.69) is 10.2 Å². The molecule has 24 heavy (non-hydrogen) atoms. The minimum Gasteiger partial charge on any atom is -0.497 e. The van der Waals surface area contributed by atoms with Crippen molar-refractivity contribution in [1.29, 1.82) is 0 Å². The van der Waals surface area contributed by atoms with Crippen LogP contribution in [0.4, 0.5) is 0 Å². The maximum absolute atomic E-state index is 12.1. The van der Waals surface area contributed by atoms with E-state index < -0.39 is 6.10 Å². The standard InChI is InChI=1S/C19H30N2O3/c1-16(24-18-10-8-17(23-2)9-11-18)19(22)20-12-7-15-21-13-5-3-4-6-14-21/h8-11,16H,3-7,12-15H2,1-2H3,(H,20,22). The van der Waals surface area contributed by atoms with Gasteiger partial charge in [0, 0.05) is 6.54 Å². The molecule has 1 heterocycles. The third kappa shape index (κ3) is 6.40. The fourth-order valence-corrected chi connectivity index (χ4v) is 2.93. The number of nitrogens with one attached hydrogen (secondary N) is 1. The van der Waals surface area contributed by atoms with Gasteiger partial charge in [0.05, 0.1) is 7.11 Å². The van der Waals surface area contributed by atoms with Crippen molar-refractivity contribution in [1.82, 2.24) is 10.2 Å². The van der Waals surface area contributed by atoms with Gasteiger partial charge in [-0.05, 0) is 70.1 Å². The Morgan fingerprint density at radius 1 is 1.12 bits per heavy atom. The van der Waals surface area contributed by atoms with Crippen LogP contribution in [0.15, 0.2) is 24.3 Å². The fourth-order valence-electron chi connectivity index (χ4n) is 2.93. The molecule has 1 aliphatic rings. The average molecular weight is 334 g/mol. The van der Waals surface area contributed by atoms with Crippen LogP contribution < -0.4 is 14.8 Å². The van der Waals surface area contributed by atoms with Crippen molar-refractivity contribution >= 4 is 5.91 Å². The molecule has 1 fully saturated rings. The van der Waals surface area contributed by atoms with Gasteiger partial charge in [0.2, 0.25) is 0 Å². The lowest BCUT2D eigenvalue weighted by Crippen LogP contribution is -2.38. The highest BCUT2D eigenvalue weighted by molar-refractivity contribution is 5.80. The van der Waals surface area contributed by atoms with Gasteiger partial charge in [0.25, 0.3) is 5.91 Å². The summed E-state index contributed by atoms with van der Waals surface area (Å²) in [5.74, 6) is 1.37. The van der Waals surface area contributed by atoms with Gasteiger partial charge in [0.1, 0.15) is 11.5 Å². The zero-order valence-electron chi connectivity index (χ0n) is 14.9. The highest BCUT2D eigenvalue weighted by atomic mass is 16.5. The Hall–Kier alpha value is -1.75. The van der Waals surface area contributed by atoms with E-state index >= 15 is 0 Å². The van der Waals surface area contributed by atoms with Crippen molar-refractivity contribution < 1.29 is 14.3 Å². The largest absolute Gasteiger partial charge is 0.497 e. The topological polar surface area (TPSA) is 50.8 Å². The van der Waals surface area contributed by atoms with Crippen molar-refractivity contribution in [2.75, 3.05) is 33.3 Å². The summed E-state index contributed by atoms with van der Waals surface area (Å²) in [6.07, 6.45) is 5.80. The summed E-state index contributed by atoms with van der Waals surface area (Å²) in [6.45, 7) is 5.93. The van der Waals surface area contributed by atoms with E-state index in [1.807, 2.05) is 24.3 Å². The van der Waals surface area contributed by atoms with E-state index in [9.17, 15) is 4.79 Å². The predicted octanol–water partition coefficient (Wildman–Crippen LogP) is 2.84. The van der Waals surface area contributed by atoms with E-state index in [1.165, 1.54) is 38.8 Å². The summed E-state index contributed by atoms with van der Waals surface area (Å²) in [7, 11) is 1.62. The van der Waals surface area contributed by atoms with Crippen molar-refractivity contribution in [3.8, 4) is 11.5 Å². The van der Waals surface area contributed by atoms with E-state index in [0.29, 0.717) is 12.3 Å². The first-order chi connectivity index (χ1) is 11.7. The first-order valence-corrected chi connectivity index (χ1v) is 9.00. The van der Waals surface area contributed by atoms with Gasteiger partial charge in [0.15, 0.2) is 6.10 Å². The number of amides is 1. The van der Waals surface area contributed by atoms with E-state index in [4.69, 9.17) is 9.47 Å². The van der Waals surface area contributed by atoms with Gasteiger partial charge in [-0.25, -0.2) is 0 Å². The molecule has 5 nitrogen and oxygen atoms in total. The summed E-state index contributed by atoms with van der Waals surface area (Å²) in [6, 6.07) is 7.26. The summed E-state index contributed by atoms with van der Waals surface area (Å²) < 4.78 is 10.8. The Labute approximate surface area is 145 Å². The van der Waals surface area contributed by atoms with Crippen LogP contribution in [-0.4, -0.2) is 50.2 Å². The molecule has 0 aliphatic carbocycles. The molecule has 1 N–H and O–H groups in total. The molecule has 1 aliphatic heterocycles. The molecule has 0 radical (unpaired) electrons.